The van der Waals surface area contributed by atoms with Gasteiger partial charge in [0.25, 0.3) is 5.69 Å². The maximum Gasteiger partial charge on any atom is 0.289 e. The number of nitrogens with zero attached hydrogens (tertiary/aromatic N) is 3. The third-order valence-corrected chi connectivity index (χ3v) is 3.21. The largest absolute Gasteiger partial charge is 0.385 e. The normalized spacial score (nSPS) is 10.6. The van der Waals surface area contributed by atoms with E-state index in [1.54, 1.807) is 6.07 Å². The van der Waals surface area contributed by atoms with Crippen LogP contribution in [-0.2, 0) is 0 Å². The van der Waals surface area contributed by atoms with Gasteiger partial charge in [-0.2, -0.15) is 5.26 Å². The predicted molar refractivity (Wildman–Crippen MR) is 78.7 cm³/mol. The van der Waals surface area contributed by atoms with Crippen molar-refractivity contribution in [2.45, 2.75) is 26.3 Å². The number of anilines is 1. The number of hydrogen-bond acceptors (Lipinski definition) is 5. The van der Waals surface area contributed by atoms with E-state index in [4.69, 9.17) is 5.26 Å². The number of nitrogens with one attached hydrogen (secondary N) is 1. The Morgan fingerprint density at radius 2 is 2.20 bits per heavy atom. The summed E-state index contributed by atoms with van der Waals surface area (Å²) in [5.74, 6) is 0. The topological polar surface area (TPSA) is 82.2 Å². The van der Waals surface area contributed by atoms with Crippen LogP contribution in [0.5, 0.6) is 0 Å². The summed E-state index contributed by atoms with van der Waals surface area (Å²) < 4.78 is 0. The van der Waals surface area contributed by atoms with Crippen molar-refractivity contribution in [3.63, 3.8) is 0 Å². The minimum Gasteiger partial charge on any atom is -0.385 e. The van der Waals surface area contributed by atoms with Crippen molar-refractivity contribution in [1.82, 2.24) is 4.90 Å². The van der Waals surface area contributed by atoms with Crippen LogP contribution < -0.4 is 5.32 Å². The molecular formula is C14H20N4O2. The molecule has 6 nitrogen and oxygen atoms in total. The minimum atomic E-state index is -0.531. The standard InChI is InChI=1S/C14H20N4O2/c1-11(2)17(3)8-4-7-16-13-6-5-12(10-15)14(9-13)18(19)20/h5-6,9,11,16H,4,7-8H2,1-3H3. The molecule has 0 aliphatic rings. The van der Waals surface area contributed by atoms with Crippen LogP contribution in [0.15, 0.2) is 18.2 Å². The van der Waals surface area contributed by atoms with Crippen LogP contribution in [0, 0.1) is 21.4 Å². The molecule has 0 amide bonds. The van der Waals surface area contributed by atoms with E-state index >= 15 is 0 Å². The first kappa shape index (κ1) is 15.9. The van der Waals surface area contributed by atoms with E-state index in [0.29, 0.717) is 11.7 Å². The zero-order valence-electron chi connectivity index (χ0n) is 12.1. The molecule has 0 saturated heterocycles. The van der Waals surface area contributed by atoms with Gasteiger partial charge in [0.05, 0.1) is 4.92 Å². The quantitative estimate of drug-likeness (QED) is 0.470. The first-order valence-electron chi connectivity index (χ1n) is 6.58. The first-order valence-corrected chi connectivity index (χ1v) is 6.58. The van der Waals surface area contributed by atoms with Gasteiger partial charge in [-0.05, 0) is 46.0 Å². The summed E-state index contributed by atoms with van der Waals surface area (Å²) in [6.07, 6.45) is 0.947. The molecule has 6 heteroatoms. The number of hydrogen-bond donors (Lipinski definition) is 1. The molecule has 0 heterocycles. The Hall–Kier alpha value is -2.13. The summed E-state index contributed by atoms with van der Waals surface area (Å²) in [5.41, 5.74) is 0.597. The number of benzene rings is 1. The van der Waals surface area contributed by atoms with E-state index in [-0.39, 0.29) is 11.3 Å². The highest BCUT2D eigenvalue weighted by atomic mass is 16.6. The molecule has 0 aliphatic carbocycles. The van der Waals surface area contributed by atoms with Gasteiger partial charge in [-0.15, -0.1) is 0 Å². The van der Waals surface area contributed by atoms with Crippen LogP contribution in [-0.4, -0.2) is 36.0 Å². The Morgan fingerprint density at radius 3 is 2.75 bits per heavy atom. The molecule has 0 bridgehead atoms. The number of nitro groups is 1. The van der Waals surface area contributed by atoms with E-state index in [1.165, 1.54) is 12.1 Å². The maximum absolute atomic E-state index is 10.8. The molecule has 0 fully saturated rings. The molecule has 1 N–H and O–H groups in total. The van der Waals surface area contributed by atoms with Gasteiger partial charge in [0.15, 0.2) is 0 Å². The molecule has 0 aromatic heterocycles. The lowest BCUT2D eigenvalue weighted by Crippen LogP contribution is -2.28. The summed E-state index contributed by atoms with van der Waals surface area (Å²) in [5, 5.41) is 22.8. The number of rotatable bonds is 7. The Balaban J connectivity index is 2.55. The summed E-state index contributed by atoms with van der Waals surface area (Å²) in [6, 6.07) is 6.90. The Labute approximate surface area is 119 Å². The van der Waals surface area contributed by atoms with Gasteiger partial charge in [-0.25, -0.2) is 0 Å². The van der Waals surface area contributed by atoms with Gasteiger partial charge in [-0.3, -0.25) is 10.1 Å². The molecule has 1 aromatic carbocycles. The second-order valence-corrected chi connectivity index (χ2v) is 4.96. The van der Waals surface area contributed by atoms with E-state index < -0.39 is 4.92 Å². The second kappa shape index (κ2) is 7.46. The molecule has 0 radical (unpaired) electrons. The van der Waals surface area contributed by atoms with Gasteiger partial charge in [-0.1, -0.05) is 0 Å². The lowest BCUT2D eigenvalue weighted by Gasteiger charge is -2.20. The van der Waals surface area contributed by atoms with Crippen molar-refractivity contribution in [2.75, 3.05) is 25.5 Å². The van der Waals surface area contributed by atoms with Crippen molar-refractivity contribution in [3.05, 3.63) is 33.9 Å². The van der Waals surface area contributed by atoms with Crippen LogP contribution in [0.1, 0.15) is 25.8 Å². The smallest absolute Gasteiger partial charge is 0.289 e. The average Bonchev–Trinajstić information content (AvgIpc) is 2.42. The lowest BCUT2D eigenvalue weighted by molar-refractivity contribution is -0.385. The zero-order chi connectivity index (χ0) is 15.1. The van der Waals surface area contributed by atoms with Crippen LogP contribution in [0.3, 0.4) is 0 Å². The van der Waals surface area contributed by atoms with Crippen LogP contribution in [0.4, 0.5) is 11.4 Å². The Kier molecular flexibility index (Phi) is 5.94. The molecular weight excluding hydrogens is 256 g/mol. The average molecular weight is 276 g/mol. The third kappa shape index (κ3) is 4.52. The van der Waals surface area contributed by atoms with Gasteiger partial charge in [0, 0.05) is 24.3 Å². The van der Waals surface area contributed by atoms with Gasteiger partial charge in [0.1, 0.15) is 11.6 Å². The summed E-state index contributed by atoms with van der Waals surface area (Å²) in [6.45, 7) is 5.97. The zero-order valence-corrected chi connectivity index (χ0v) is 12.1. The summed E-state index contributed by atoms with van der Waals surface area (Å²) in [7, 11) is 2.07. The van der Waals surface area contributed by atoms with Crippen molar-refractivity contribution in [3.8, 4) is 6.07 Å². The van der Waals surface area contributed by atoms with Crippen LogP contribution in [0.25, 0.3) is 0 Å². The molecule has 0 unspecified atom stereocenters. The Bertz CT molecular complexity index is 508. The van der Waals surface area contributed by atoms with Gasteiger partial charge < -0.3 is 10.2 Å². The van der Waals surface area contributed by atoms with Gasteiger partial charge >= 0.3 is 0 Å². The molecule has 1 rings (SSSR count). The lowest BCUT2D eigenvalue weighted by atomic mass is 10.2. The Morgan fingerprint density at radius 1 is 1.50 bits per heavy atom. The highest BCUT2D eigenvalue weighted by Crippen LogP contribution is 2.22. The first-order chi connectivity index (χ1) is 9.45. The highest BCUT2D eigenvalue weighted by Gasteiger charge is 2.13. The van der Waals surface area contributed by atoms with E-state index in [0.717, 1.165) is 19.5 Å². The molecule has 108 valence electrons. The summed E-state index contributed by atoms with van der Waals surface area (Å²) in [4.78, 5) is 12.6. The highest BCUT2D eigenvalue weighted by molar-refractivity contribution is 5.59. The van der Waals surface area contributed by atoms with Crippen LogP contribution in [0.2, 0.25) is 0 Å². The third-order valence-electron chi connectivity index (χ3n) is 3.21. The molecule has 0 aliphatic heterocycles. The number of nitriles is 1. The molecule has 0 atom stereocenters. The van der Waals surface area contributed by atoms with Crippen molar-refractivity contribution in [1.29, 1.82) is 5.26 Å². The van der Waals surface area contributed by atoms with E-state index in [9.17, 15) is 10.1 Å². The van der Waals surface area contributed by atoms with E-state index in [1.807, 2.05) is 6.07 Å². The second-order valence-electron chi connectivity index (χ2n) is 4.96. The molecule has 0 spiro atoms. The SMILES string of the molecule is CC(C)N(C)CCCNc1ccc(C#N)c([N+](=O)[O-])c1. The van der Waals surface area contributed by atoms with Gasteiger partial charge in [0.2, 0.25) is 0 Å². The molecule has 0 saturated carbocycles. The molecule has 1 aromatic rings. The van der Waals surface area contributed by atoms with E-state index in [2.05, 4.69) is 31.1 Å². The fourth-order valence-corrected chi connectivity index (χ4v) is 1.71. The van der Waals surface area contributed by atoms with Crippen molar-refractivity contribution in [2.24, 2.45) is 0 Å². The fraction of sp³-hybridized carbons (Fsp3) is 0.500. The monoisotopic (exact) mass is 276 g/mol. The molecule has 20 heavy (non-hydrogen) atoms. The summed E-state index contributed by atoms with van der Waals surface area (Å²) >= 11 is 0. The van der Waals surface area contributed by atoms with Crippen LogP contribution >= 0.6 is 0 Å². The number of nitro benzene ring substituents is 1. The van der Waals surface area contributed by atoms with Crippen molar-refractivity contribution < 1.29 is 4.92 Å². The maximum atomic E-state index is 10.8. The predicted octanol–water partition coefficient (Wildman–Crippen LogP) is 2.61. The minimum absolute atomic E-state index is 0.0834. The van der Waals surface area contributed by atoms with Crippen molar-refractivity contribution >= 4 is 11.4 Å². The fourth-order valence-electron chi connectivity index (χ4n) is 1.71.